The Hall–Kier alpha value is -2.18. The summed E-state index contributed by atoms with van der Waals surface area (Å²) in [5.74, 6) is -0.166. The third-order valence-electron chi connectivity index (χ3n) is 5.74. The quantitative estimate of drug-likeness (QED) is 0.489. The smallest absolute Gasteiger partial charge is 0.316 e. The fraction of sp³-hybridized carbons (Fsp3) is 0.435. The van der Waals surface area contributed by atoms with Gasteiger partial charge in [0.05, 0.1) is 17.8 Å². The molecule has 29 heavy (non-hydrogen) atoms. The molecule has 0 aromatic heterocycles. The fourth-order valence-corrected chi connectivity index (χ4v) is 5.02. The highest BCUT2D eigenvalue weighted by Crippen LogP contribution is 2.37. The summed E-state index contributed by atoms with van der Waals surface area (Å²) in [5.41, 5.74) is 1.34. The van der Waals surface area contributed by atoms with E-state index in [1.165, 1.54) is 9.87 Å². The van der Waals surface area contributed by atoms with Crippen LogP contribution in [0.4, 0.5) is 0 Å². The number of benzene rings is 2. The number of esters is 1. The number of rotatable bonds is 8. The molecule has 0 unspecified atom stereocenters. The van der Waals surface area contributed by atoms with Crippen molar-refractivity contribution in [2.45, 2.75) is 38.0 Å². The van der Waals surface area contributed by atoms with Crippen molar-refractivity contribution in [3.8, 4) is 0 Å². The first kappa shape index (κ1) is 21.5. The molecular weight excluding hydrogens is 386 g/mol. The van der Waals surface area contributed by atoms with Gasteiger partial charge in [0.25, 0.3) is 0 Å². The average molecular weight is 416 g/mol. The number of nitrogens with zero attached hydrogens (tertiary/aromatic N) is 1. The van der Waals surface area contributed by atoms with E-state index in [-0.39, 0.29) is 11.7 Å². The van der Waals surface area contributed by atoms with Crippen LogP contribution in [0.2, 0.25) is 0 Å². The van der Waals surface area contributed by atoms with Crippen molar-refractivity contribution in [1.29, 1.82) is 0 Å². The maximum atomic E-state index is 13.2. The molecule has 0 amide bonds. The summed E-state index contributed by atoms with van der Waals surface area (Å²) < 4.78 is 31.7. The van der Waals surface area contributed by atoms with Crippen LogP contribution >= 0.6 is 0 Å². The highest BCUT2D eigenvalue weighted by atomic mass is 32.2. The van der Waals surface area contributed by atoms with Crippen molar-refractivity contribution in [3.63, 3.8) is 0 Å². The molecule has 2 aromatic rings. The number of carbonyl (C=O) groups is 1. The predicted octanol–water partition coefficient (Wildman–Crippen LogP) is 3.55. The van der Waals surface area contributed by atoms with Gasteiger partial charge in [0.15, 0.2) is 0 Å². The lowest BCUT2D eigenvalue weighted by molar-refractivity contribution is -0.152. The SMILES string of the molecule is CCS(=O)(=O)N1CCC(C(=O)OCCCc2ccccc2)(c2ccccc2)CC1. The molecule has 3 rings (SSSR count). The molecule has 1 aliphatic rings. The molecule has 1 saturated heterocycles. The number of carbonyl (C=O) groups excluding carboxylic acids is 1. The maximum Gasteiger partial charge on any atom is 0.316 e. The second-order valence-corrected chi connectivity index (χ2v) is 9.73. The molecule has 0 spiro atoms. The molecule has 5 nitrogen and oxygen atoms in total. The fourth-order valence-electron chi connectivity index (χ4n) is 3.92. The van der Waals surface area contributed by atoms with Crippen LogP contribution in [0.5, 0.6) is 0 Å². The Kier molecular flexibility index (Phi) is 7.09. The van der Waals surface area contributed by atoms with Gasteiger partial charge in [-0.25, -0.2) is 12.7 Å². The van der Waals surface area contributed by atoms with E-state index < -0.39 is 15.4 Å². The Labute approximate surface area is 173 Å². The van der Waals surface area contributed by atoms with Gasteiger partial charge in [0.2, 0.25) is 10.0 Å². The van der Waals surface area contributed by atoms with Crippen LogP contribution in [0.15, 0.2) is 60.7 Å². The van der Waals surface area contributed by atoms with Gasteiger partial charge in [-0.15, -0.1) is 0 Å². The second kappa shape index (κ2) is 9.55. The van der Waals surface area contributed by atoms with Gasteiger partial charge in [-0.1, -0.05) is 60.7 Å². The number of aryl methyl sites for hydroxylation is 1. The van der Waals surface area contributed by atoms with Crippen LogP contribution in [0, 0.1) is 0 Å². The monoisotopic (exact) mass is 415 g/mol. The van der Waals surface area contributed by atoms with Crippen molar-refractivity contribution >= 4 is 16.0 Å². The van der Waals surface area contributed by atoms with Crippen molar-refractivity contribution in [1.82, 2.24) is 4.31 Å². The molecule has 1 aliphatic heterocycles. The van der Waals surface area contributed by atoms with Gasteiger partial charge in [-0.05, 0) is 43.7 Å². The number of ether oxygens (including phenoxy) is 1. The Morgan fingerprint density at radius 1 is 1.00 bits per heavy atom. The van der Waals surface area contributed by atoms with E-state index >= 15 is 0 Å². The molecule has 0 radical (unpaired) electrons. The van der Waals surface area contributed by atoms with E-state index in [4.69, 9.17) is 4.74 Å². The van der Waals surface area contributed by atoms with Gasteiger partial charge in [-0.2, -0.15) is 0 Å². The van der Waals surface area contributed by atoms with Gasteiger partial charge >= 0.3 is 5.97 Å². The van der Waals surface area contributed by atoms with E-state index in [9.17, 15) is 13.2 Å². The number of hydrogen-bond donors (Lipinski definition) is 0. The van der Waals surface area contributed by atoms with E-state index in [0.717, 1.165) is 18.4 Å². The summed E-state index contributed by atoms with van der Waals surface area (Å²) in [6.45, 7) is 2.68. The van der Waals surface area contributed by atoms with Crippen molar-refractivity contribution < 1.29 is 17.9 Å². The summed E-state index contributed by atoms with van der Waals surface area (Å²) in [5, 5.41) is 0. The molecule has 0 bridgehead atoms. The van der Waals surface area contributed by atoms with Crippen LogP contribution < -0.4 is 0 Å². The standard InChI is InChI=1S/C23H29NO4S/c1-2-29(26,27)24-17-15-23(16-18-24,21-13-7-4-8-14-21)22(25)28-19-9-12-20-10-5-3-6-11-20/h3-8,10-11,13-14H,2,9,12,15-19H2,1H3. The largest absolute Gasteiger partial charge is 0.465 e. The Morgan fingerprint density at radius 2 is 1.59 bits per heavy atom. The van der Waals surface area contributed by atoms with Gasteiger partial charge in [0, 0.05) is 13.1 Å². The minimum absolute atomic E-state index is 0.0786. The molecular formula is C23H29NO4S. The summed E-state index contributed by atoms with van der Waals surface area (Å²) in [6, 6.07) is 19.7. The highest BCUT2D eigenvalue weighted by molar-refractivity contribution is 7.89. The molecule has 156 valence electrons. The zero-order chi connectivity index (χ0) is 20.7. The van der Waals surface area contributed by atoms with Crippen LogP contribution in [0.3, 0.4) is 0 Å². The van der Waals surface area contributed by atoms with Crippen molar-refractivity contribution in [3.05, 3.63) is 71.8 Å². The third-order valence-corrected chi connectivity index (χ3v) is 7.62. The summed E-state index contributed by atoms with van der Waals surface area (Å²) in [7, 11) is -3.25. The molecule has 6 heteroatoms. The van der Waals surface area contributed by atoms with Crippen LogP contribution in [0.25, 0.3) is 0 Å². The minimum atomic E-state index is -3.25. The Bertz CT molecular complexity index is 889. The topological polar surface area (TPSA) is 63.7 Å². The average Bonchev–Trinajstić information content (AvgIpc) is 2.78. The third kappa shape index (κ3) is 5.06. The predicted molar refractivity (Wildman–Crippen MR) is 114 cm³/mol. The summed E-state index contributed by atoms with van der Waals surface area (Å²) in [6.07, 6.45) is 2.49. The van der Waals surface area contributed by atoms with Crippen LogP contribution in [-0.2, 0) is 31.4 Å². The van der Waals surface area contributed by atoms with Crippen molar-refractivity contribution in [2.75, 3.05) is 25.4 Å². The van der Waals surface area contributed by atoms with Gasteiger partial charge < -0.3 is 4.74 Å². The lowest BCUT2D eigenvalue weighted by Gasteiger charge is -2.39. The van der Waals surface area contributed by atoms with E-state index in [1.54, 1.807) is 6.92 Å². The van der Waals surface area contributed by atoms with E-state index in [0.29, 0.717) is 32.5 Å². The molecule has 0 aliphatic carbocycles. The molecule has 2 aromatic carbocycles. The molecule has 1 heterocycles. The lowest BCUT2D eigenvalue weighted by atomic mass is 9.73. The van der Waals surface area contributed by atoms with Crippen molar-refractivity contribution in [2.24, 2.45) is 0 Å². The maximum absolute atomic E-state index is 13.2. The van der Waals surface area contributed by atoms with Crippen LogP contribution in [0.1, 0.15) is 37.3 Å². The summed E-state index contributed by atoms with van der Waals surface area (Å²) in [4.78, 5) is 13.2. The van der Waals surface area contributed by atoms with Gasteiger partial charge in [0.1, 0.15) is 0 Å². The number of hydrogen-bond acceptors (Lipinski definition) is 4. The zero-order valence-corrected chi connectivity index (χ0v) is 17.7. The normalized spacial score (nSPS) is 17.0. The second-order valence-electron chi connectivity index (χ2n) is 7.47. The first-order valence-electron chi connectivity index (χ1n) is 10.2. The first-order valence-corrected chi connectivity index (χ1v) is 11.8. The molecule has 0 N–H and O–H groups in total. The minimum Gasteiger partial charge on any atom is -0.465 e. The first-order chi connectivity index (χ1) is 14.0. The van der Waals surface area contributed by atoms with Crippen LogP contribution in [-0.4, -0.2) is 44.1 Å². The highest BCUT2D eigenvalue weighted by Gasteiger charge is 2.45. The Balaban J connectivity index is 1.67. The van der Waals surface area contributed by atoms with E-state index in [2.05, 4.69) is 12.1 Å². The number of piperidine rings is 1. The molecule has 0 atom stereocenters. The zero-order valence-electron chi connectivity index (χ0n) is 16.9. The molecule has 0 saturated carbocycles. The molecule has 1 fully saturated rings. The summed E-state index contributed by atoms with van der Waals surface area (Å²) >= 11 is 0. The van der Waals surface area contributed by atoms with Gasteiger partial charge in [-0.3, -0.25) is 4.79 Å². The lowest BCUT2D eigenvalue weighted by Crippen LogP contribution is -2.50. The van der Waals surface area contributed by atoms with E-state index in [1.807, 2.05) is 48.5 Å². The Morgan fingerprint density at radius 3 is 2.17 bits per heavy atom. The number of sulfonamides is 1.